The van der Waals surface area contributed by atoms with E-state index in [2.05, 4.69) is 4.98 Å². The van der Waals surface area contributed by atoms with Crippen LogP contribution in [0.25, 0.3) is 0 Å². The van der Waals surface area contributed by atoms with Crippen LogP contribution in [0.2, 0.25) is 0 Å². The van der Waals surface area contributed by atoms with Crippen molar-refractivity contribution < 1.29 is 12.8 Å². The average Bonchev–Trinajstić information content (AvgIpc) is 2.89. The van der Waals surface area contributed by atoms with Crippen molar-refractivity contribution in [1.82, 2.24) is 9.29 Å². The Balaban J connectivity index is 2.19. The third kappa shape index (κ3) is 3.15. The summed E-state index contributed by atoms with van der Waals surface area (Å²) in [6.07, 6.45) is 1.62. The average molecular weight is 301 g/mol. The standard InChI is InChI=1S/C12H13ClN2O3S/c1-15(9-10-4-2-3-7-14-10)19(16,17)12-6-5-11(8-13)18-12/h2-7H,8-9H2,1H3. The van der Waals surface area contributed by atoms with Gasteiger partial charge >= 0.3 is 0 Å². The molecule has 0 N–H and O–H groups in total. The van der Waals surface area contributed by atoms with Gasteiger partial charge in [-0.05, 0) is 24.3 Å². The second-order valence-electron chi connectivity index (χ2n) is 3.94. The zero-order valence-corrected chi connectivity index (χ0v) is 11.9. The van der Waals surface area contributed by atoms with E-state index in [4.69, 9.17) is 16.0 Å². The van der Waals surface area contributed by atoms with Gasteiger partial charge in [0.25, 0.3) is 10.0 Å². The minimum absolute atomic E-state index is 0.110. The molecule has 0 unspecified atom stereocenters. The summed E-state index contributed by atoms with van der Waals surface area (Å²) in [7, 11) is -2.18. The first-order chi connectivity index (χ1) is 9.04. The molecule has 0 aliphatic rings. The van der Waals surface area contributed by atoms with Crippen LogP contribution in [0.3, 0.4) is 0 Å². The minimum Gasteiger partial charge on any atom is -0.447 e. The van der Waals surface area contributed by atoms with Crippen molar-refractivity contribution in [3.63, 3.8) is 0 Å². The van der Waals surface area contributed by atoms with Gasteiger partial charge in [-0.3, -0.25) is 4.98 Å². The molecule has 2 aromatic heterocycles. The van der Waals surface area contributed by atoms with Crippen molar-refractivity contribution in [2.24, 2.45) is 0 Å². The first kappa shape index (κ1) is 14.0. The first-order valence-electron chi connectivity index (χ1n) is 5.55. The van der Waals surface area contributed by atoms with Crippen LogP contribution < -0.4 is 0 Å². The van der Waals surface area contributed by atoms with Crippen molar-refractivity contribution in [3.8, 4) is 0 Å². The molecule has 102 valence electrons. The molecule has 0 saturated heterocycles. The summed E-state index contributed by atoms with van der Waals surface area (Å²) in [4.78, 5) is 4.09. The van der Waals surface area contributed by atoms with E-state index >= 15 is 0 Å². The van der Waals surface area contributed by atoms with E-state index in [9.17, 15) is 8.42 Å². The van der Waals surface area contributed by atoms with Gasteiger partial charge in [0, 0.05) is 13.2 Å². The predicted octanol–water partition coefficient (Wildman–Crippen LogP) is 2.23. The molecule has 0 aromatic carbocycles. The summed E-state index contributed by atoms with van der Waals surface area (Å²) in [6.45, 7) is 0.181. The Labute approximate surface area is 116 Å². The van der Waals surface area contributed by atoms with E-state index < -0.39 is 10.0 Å². The molecule has 2 aromatic rings. The third-order valence-corrected chi connectivity index (χ3v) is 4.49. The number of pyridine rings is 1. The molecule has 0 saturated carbocycles. The molecular formula is C12H13ClN2O3S. The van der Waals surface area contributed by atoms with Crippen molar-refractivity contribution in [1.29, 1.82) is 0 Å². The Bertz CT molecular complexity index is 640. The Morgan fingerprint density at radius 3 is 2.68 bits per heavy atom. The maximum Gasteiger partial charge on any atom is 0.276 e. The van der Waals surface area contributed by atoms with Gasteiger partial charge in [-0.15, -0.1) is 11.6 Å². The fourth-order valence-corrected chi connectivity index (χ4v) is 2.73. The third-order valence-electron chi connectivity index (χ3n) is 2.54. The van der Waals surface area contributed by atoms with Crippen molar-refractivity contribution in [3.05, 3.63) is 48.0 Å². The number of nitrogens with zero attached hydrogens (tertiary/aromatic N) is 2. The Kier molecular flexibility index (Phi) is 4.24. The van der Waals surface area contributed by atoms with Crippen LogP contribution in [0.1, 0.15) is 11.5 Å². The summed E-state index contributed by atoms with van der Waals surface area (Å²) in [5.74, 6) is 0.561. The number of halogens is 1. The molecule has 0 bridgehead atoms. The molecular weight excluding hydrogens is 288 g/mol. The smallest absolute Gasteiger partial charge is 0.276 e. The maximum absolute atomic E-state index is 12.2. The van der Waals surface area contributed by atoms with Gasteiger partial charge in [-0.25, -0.2) is 8.42 Å². The van der Waals surface area contributed by atoms with Crippen LogP contribution in [-0.2, 0) is 22.4 Å². The van der Waals surface area contributed by atoms with Gasteiger partial charge in [-0.2, -0.15) is 4.31 Å². The van der Waals surface area contributed by atoms with Crippen molar-refractivity contribution >= 4 is 21.6 Å². The summed E-state index contributed by atoms with van der Waals surface area (Å²) in [6, 6.07) is 8.30. The number of aromatic nitrogens is 1. The number of hydrogen-bond donors (Lipinski definition) is 0. The summed E-state index contributed by atoms with van der Waals surface area (Å²) in [5.41, 5.74) is 0.665. The SMILES string of the molecule is CN(Cc1ccccn1)S(=O)(=O)c1ccc(CCl)o1. The number of sulfonamides is 1. The van der Waals surface area contributed by atoms with Crippen LogP contribution in [0.4, 0.5) is 0 Å². The van der Waals surface area contributed by atoms with E-state index in [1.807, 2.05) is 0 Å². The monoisotopic (exact) mass is 300 g/mol. The molecule has 2 heterocycles. The molecule has 0 spiro atoms. The van der Waals surface area contributed by atoms with Crippen LogP contribution in [0.15, 0.2) is 46.0 Å². The lowest BCUT2D eigenvalue weighted by Gasteiger charge is -2.14. The Morgan fingerprint density at radius 1 is 1.32 bits per heavy atom. The quantitative estimate of drug-likeness (QED) is 0.794. The van der Waals surface area contributed by atoms with Gasteiger partial charge in [0.2, 0.25) is 5.09 Å². The topological polar surface area (TPSA) is 63.4 Å². The normalized spacial score (nSPS) is 11.9. The lowest BCUT2D eigenvalue weighted by atomic mass is 10.3. The summed E-state index contributed by atoms with van der Waals surface area (Å²) in [5, 5.41) is -0.110. The molecule has 0 radical (unpaired) electrons. The molecule has 19 heavy (non-hydrogen) atoms. The Hall–Kier alpha value is -1.37. The summed E-state index contributed by atoms with van der Waals surface area (Å²) < 4.78 is 30.8. The van der Waals surface area contributed by atoms with E-state index in [-0.39, 0.29) is 17.5 Å². The largest absolute Gasteiger partial charge is 0.447 e. The van der Waals surface area contributed by atoms with Crippen molar-refractivity contribution in [2.45, 2.75) is 17.5 Å². The van der Waals surface area contributed by atoms with Crippen LogP contribution in [0, 0.1) is 0 Å². The van der Waals surface area contributed by atoms with Gasteiger partial charge in [0.05, 0.1) is 18.1 Å². The zero-order chi connectivity index (χ0) is 13.9. The highest BCUT2D eigenvalue weighted by Gasteiger charge is 2.24. The Morgan fingerprint density at radius 2 is 2.11 bits per heavy atom. The molecule has 2 rings (SSSR count). The van der Waals surface area contributed by atoms with Gasteiger partial charge in [0.1, 0.15) is 5.76 Å². The van der Waals surface area contributed by atoms with Gasteiger partial charge < -0.3 is 4.42 Å². The molecule has 5 nitrogen and oxygen atoms in total. The van der Waals surface area contributed by atoms with Crippen LogP contribution in [0.5, 0.6) is 0 Å². The summed E-state index contributed by atoms with van der Waals surface area (Å²) >= 11 is 5.59. The molecule has 0 fully saturated rings. The molecule has 0 aliphatic carbocycles. The van der Waals surface area contributed by atoms with E-state index in [0.717, 1.165) is 0 Å². The highest BCUT2D eigenvalue weighted by molar-refractivity contribution is 7.88. The number of hydrogen-bond acceptors (Lipinski definition) is 4. The first-order valence-corrected chi connectivity index (χ1v) is 7.52. The second kappa shape index (κ2) is 5.73. The van der Waals surface area contributed by atoms with E-state index in [0.29, 0.717) is 11.5 Å². The van der Waals surface area contributed by atoms with Crippen LogP contribution >= 0.6 is 11.6 Å². The molecule has 0 atom stereocenters. The van der Waals surface area contributed by atoms with Crippen molar-refractivity contribution in [2.75, 3.05) is 7.05 Å². The lowest BCUT2D eigenvalue weighted by Crippen LogP contribution is -2.26. The molecule has 0 amide bonds. The predicted molar refractivity (Wildman–Crippen MR) is 71.2 cm³/mol. The number of furan rings is 1. The van der Waals surface area contributed by atoms with E-state index in [1.54, 1.807) is 30.5 Å². The molecule has 0 aliphatic heterocycles. The number of rotatable bonds is 5. The highest BCUT2D eigenvalue weighted by Crippen LogP contribution is 2.19. The van der Waals surface area contributed by atoms with E-state index in [1.165, 1.54) is 17.4 Å². The fraction of sp³-hybridized carbons (Fsp3) is 0.250. The second-order valence-corrected chi connectivity index (χ2v) is 6.18. The maximum atomic E-state index is 12.2. The van der Waals surface area contributed by atoms with Crippen LogP contribution in [-0.4, -0.2) is 24.8 Å². The van der Waals surface area contributed by atoms with Gasteiger partial charge in [0.15, 0.2) is 0 Å². The zero-order valence-electron chi connectivity index (χ0n) is 10.3. The number of alkyl halides is 1. The molecule has 7 heteroatoms. The minimum atomic E-state index is -3.66. The van der Waals surface area contributed by atoms with Gasteiger partial charge in [-0.1, -0.05) is 6.07 Å². The highest BCUT2D eigenvalue weighted by atomic mass is 35.5. The lowest BCUT2D eigenvalue weighted by molar-refractivity contribution is 0.392. The fourth-order valence-electron chi connectivity index (χ4n) is 1.53.